The fourth-order valence-electron chi connectivity index (χ4n) is 4.52. The predicted octanol–water partition coefficient (Wildman–Crippen LogP) is 4.66. The number of ether oxygens (including phenoxy) is 2. The lowest BCUT2D eigenvalue weighted by Gasteiger charge is -2.27. The van der Waals surface area contributed by atoms with Crippen molar-refractivity contribution >= 4 is 11.9 Å². The molecule has 1 N–H and O–H groups in total. The van der Waals surface area contributed by atoms with E-state index < -0.39 is 11.9 Å². The van der Waals surface area contributed by atoms with E-state index in [1.54, 1.807) is 0 Å². The molecule has 0 saturated carbocycles. The minimum Gasteiger partial charge on any atom is -0.457 e. The van der Waals surface area contributed by atoms with Crippen molar-refractivity contribution in [2.45, 2.75) is 31.2 Å². The molecular weight excluding hydrogens is 390 g/mol. The molecule has 1 aliphatic carbocycles. The van der Waals surface area contributed by atoms with Gasteiger partial charge in [0.2, 0.25) is 0 Å². The zero-order valence-electron chi connectivity index (χ0n) is 17.0. The Hall–Kier alpha value is -3.60. The number of hydrogen-bond donors (Lipinski definition) is 1. The number of rotatable bonds is 4. The maximum atomic E-state index is 13.1. The summed E-state index contributed by atoms with van der Waals surface area (Å²) in [7, 11) is 0. The Morgan fingerprint density at radius 1 is 0.871 bits per heavy atom. The van der Waals surface area contributed by atoms with Crippen LogP contribution in [-0.2, 0) is 20.7 Å². The number of fused-ring (bicyclic) bond motifs is 3. The molecule has 1 atom stereocenters. The molecule has 3 aromatic carbocycles. The van der Waals surface area contributed by atoms with Crippen LogP contribution >= 0.6 is 0 Å². The summed E-state index contributed by atoms with van der Waals surface area (Å²) in [6, 6.07) is 23.0. The predicted molar refractivity (Wildman–Crippen MR) is 116 cm³/mol. The molecule has 0 radical (unpaired) electrons. The van der Waals surface area contributed by atoms with Crippen LogP contribution in [-0.4, -0.2) is 18.5 Å². The van der Waals surface area contributed by atoms with Crippen molar-refractivity contribution in [1.82, 2.24) is 5.32 Å². The van der Waals surface area contributed by atoms with E-state index >= 15 is 0 Å². The molecule has 156 valence electrons. The van der Waals surface area contributed by atoms with E-state index in [0.29, 0.717) is 11.5 Å². The number of aryl methyl sites for hydroxylation is 1. The second-order valence-corrected chi connectivity index (χ2v) is 7.93. The SMILES string of the molecule is O=C(COC(=O)C1c2ccccc2Oc2ccccc21)N[C@@H]1CCCc2ccccc21. The molecule has 0 spiro atoms. The summed E-state index contributed by atoms with van der Waals surface area (Å²) < 4.78 is 11.4. The summed E-state index contributed by atoms with van der Waals surface area (Å²) >= 11 is 0. The van der Waals surface area contributed by atoms with E-state index in [1.807, 2.05) is 60.7 Å². The molecule has 3 aromatic rings. The minimum absolute atomic E-state index is 0.0410. The topological polar surface area (TPSA) is 64.6 Å². The molecular formula is C26H23NO4. The van der Waals surface area contributed by atoms with Gasteiger partial charge >= 0.3 is 5.97 Å². The first-order chi connectivity index (χ1) is 15.2. The normalized spacial score (nSPS) is 16.8. The van der Waals surface area contributed by atoms with Gasteiger partial charge in [0, 0.05) is 11.1 Å². The van der Waals surface area contributed by atoms with Crippen molar-refractivity contribution < 1.29 is 19.1 Å². The quantitative estimate of drug-likeness (QED) is 0.632. The van der Waals surface area contributed by atoms with Gasteiger partial charge in [-0.3, -0.25) is 9.59 Å². The van der Waals surface area contributed by atoms with E-state index in [9.17, 15) is 9.59 Å². The van der Waals surface area contributed by atoms with Crippen LogP contribution in [0.15, 0.2) is 72.8 Å². The summed E-state index contributed by atoms with van der Waals surface area (Å²) in [5, 5.41) is 3.03. The zero-order chi connectivity index (χ0) is 21.2. The van der Waals surface area contributed by atoms with Gasteiger partial charge in [-0.15, -0.1) is 0 Å². The molecule has 0 aromatic heterocycles. The maximum absolute atomic E-state index is 13.1. The van der Waals surface area contributed by atoms with Gasteiger partial charge in [-0.25, -0.2) is 0 Å². The summed E-state index contributed by atoms with van der Waals surface area (Å²) in [4.78, 5) is 25.6. The van der Waals surface area contributed by atoms with E-state index in [4.69, 9.17) is 9.47 Å². The van der Waals surface area contributed by atoms with Gasteiger partial charge in [0.15, 0.2) is 6.61 Å². The molecule has 0 saturated heterocycles. The van der Waals surface area contributed by atoms with Crippen molar-refractivity contribution in [3.05, 3.63) is 95.1 Å². The van der Waals surface area contributed by atoms with Gasteiger partial charge in [0.25, 0.3) is 5.91 Å². The van der Waals surface area contributed by atoms with Crippen LogP contribution in [0.2, 0.25) is 0 Å². The molecule has 2 aliphatic rings. The van der Waals surface area contributed by atoms with Gasteiger partial charge in [0.05, 0.1) is 6.04 Å². The summed E-state index contributed by atoms with van der Waals surface area (Å²) in [5.74, 6) is -0.103. The molecule has 5 heteroatoms. The van der Waals surface area contributed by atoms with Crippen LogP contribution in [0, 0.1) is 0 Å². The van der Waals surface area contributed by atoms with Crippen LogP contribution in [0.3, 0.4) is 0 Å². The second kappa shape index (κ2) is 8.26. The van der Waals surface area contributed by atoms with Crippen LogP contribution < -0.4 is 10.1 Å². The van der Waals surface area contributed by atoms with Crippen LogP contribution in [0.1, 0.15) is 47.1 Å². The van der Waals surface area contributed by atoms with Crippen molar-refractivity contribution in [2.24, 2.45) is 0 Å². The number of esters is 1. The number of hydrogen-bond acceptors (Lipinski definition) is 4. The highest BCUT2D eigenvalue weighted by Crippen LogP contribution is 2.44. The Balaban J connectivity index is 1.29. The summed E-state index contributed by atoms with van der Waals surface area (Å²) in [5.41, 5.74) is 3.91. The van der Waals surface area contributed by atoms with Gasteiger partial charge in [-0.2, -0.15) is 0 Å². The van der Waals surface area contributed by atoms with Crippen LogP contribution in [0.5, 0.6) is 11.5 Å². The Labute approximate surface area is 181 Å². The van der Waals surface area contributed by atoms with Crippen molar-refractivity contribution in [2.75, 3.05) is 6.61 Å². The van der Waals surface area contributed by atoms with E-state index in [1.165, 1.54) is 5.56 Å². The molecule has 1 heterocycles. The van der Waals surface area contributed by atoms with Crippen LogP contribution in [0.25, 0.3) is 0 Å². The van der Waals surface area contributed by atoms with E-state index in [-0.39, 0.29) is 18.6 Å². The Morgan fingerprint density at radius 3 is 2.19 bits per heavy atom. The molecule has 31 heavy (non-hydrogen) atoms. The largest absolute Gasteiger partial charge is 0.457 e. The van der Waals surface area contributed by atoms with E-state index in [0.717, 1.165) is 36.0 Å². The average Bonchev–Trinajstić information content (AvgIpc) is 2.81. The van der Waals surface area contributed by atoms with Gasteiger partial charge in [-0.1, -0.05) is 60.7 Å². The van der Waals surface area contributed by atoms with Crippen LogP contribution in [0.4, 0.5) is 0 Å². The molecule has 1 aliphatic heterocycles. The highest BCUT2D eigenvalue weighted by molar-refractivity contribution is 5.88. The minimum atomic E-state index is -0.621. The fourth-order valence-corrected chi connectivity index (χ4v) is 4.52. The third-order valence-electron chi connectivity index (χ3n) is 5.97. The van der Waals surface area contributed by atoms with Gasteiger partial charge in [-0.05, 0) is 42.5 Å². The first-order valence-corrected chi connectivity index (χ1v) is 10.6. The number of carbonyl (C=O) groups excluding carboxylic acids is 2. The standard InChI is InChI=1S/C26H23NO4/c28-24(27-21-13-7-9-17-8-1-2-10-18(17)21)16-30-26(29)25-19-11-3-5-14-22(19)31-23-15-6-4-12-20(23)25/h1-6,8,10-12,14-15,21,25H,7,9,13,16H2,(H,27,28)/t21-/m1/s1. The zero-order valence-corrected chi connectivity index (χ0v) is 17.0. The van der Waals surface area contributed by atoms with E-state index in [2.05, 4.69) is 17.4 Å². The first-order valence-electron chi connectivity index (χ1n) is 10.6. The number of para-hydroxylation sites is 2. The number of carbonyl (C=O) groups is 2. The van der Waals surface area contributed by atoms with Gasteiger partial charge < -0.3 is 14.8 Å². The monoisotopic (exact) mass is 413 g/mol. The lowest BCUT2D eigenvalue weighted by atomic mass is 9.88. The molecule has 0 fully saturated rings. The molecule has 5 rings (SSSR count). The summed E-state index contributed by atoms with van der Waals surface area (Å²) in [6.45, 7) is -0.306. The fraction of sp³-hybridized carbons (Fsp3) is 0.231. The smallest absolute Gasteiger partial charge is 0.318 e. The number of nitrogens with one attached hydrogen (secondary N) is 1. The highest BCUT2D eigenvalue weighted by atomic mass is 16.5. The Kier molecular flexibility index (Phi) is 5.16. The Morgan fingerprint density at radius 2 is 1.48 bits per heavy atom. The molecule has 0 bridgehead atoms. The number of benzene rings is 3. The Bertz CT molecular complexity index is 1090. The number of amides is 1. The lowest BCUT2D eigenvalue weighted by Crippen LogP contribution is -2.35. The molecule has 5 nitrogen and oxygen atoms in total. The first kappa shape index (κ1) is 19.4. The van der Waals surface area contributed by atoms with Crippen molar-refractivity contribution in [3.63, 3.8) is 0 Å². The van der Waals surface area contributed by atoms with Crippen molar-refractivity contribution in [1.29, 1.82) is 0 Å². The molecule has 1 amide bonds. The average molecular weight is 413 g/mol. The van der Waals surface area contributed by atoms with Gasteiger partial charge in [0.1, 0.15) is 17.4 Å². The summed E-state index contributed by atoms with van der Waals surface area (Å²) in [6.07, 6.45) is 2.94. The third kappa shape index (κ3) is 3.79. The second-order valence-electron chi connectivity index (χ2n) is 7.93. The lowest BCUT2D eigenvalue weighted by molar-refractivity contribution is -0.149. The van der Waals surface area contributed by atoms with Crippen molar-refractivity contribution in [3.8, 4) is 11.5 Å². The molecule has 0 unspecified atom stereocenters. The highest BCUT2D eigenvalue weighted by Gasteiger charge is 2.34. The third-order valence-corrected chi connectivity index (χ3v) is 5.97. The maximum Gasteiger partial charge on any atom is 0.318 e.